The molecule has 1 heterocycles. The minimum absolute atomic E-state index is 0.232. The minimum Gasteiger partial charge on any atom is -0.495 e. The van der Waals surface area contributed by atoms with Gasteiger partial charge in [-0.2, -0.15) is 0 Å². The first-order valence-electron chi connectivity index (χ1n) is 6.24. The van der Waals surface area contributed by atoms with Crippen LogP contribution in [0.25, 0.3) is 0 Å². The lowest BCUT2D eigenvalue weighted by molar-refractivity contribution is 0.101. The van der Waals surface area contributed by atoms with E-state index in [4.69, 9.17) is 20.9 Å². The van der Waals surface area contributed by atoms with Gasteiger partial charge in [0.2, 0.25) is 0 Å². The van der Waals surface area contributed by atoms with Crippen molar-refractivity contribution in [3.05, 3.63) is 40.7 Å². The molecule has 6 heteroatoms. The van der Waals surface area contributed by atoms with Crippen LogP contribution >= 0.6 is 11.6 Å². The molecule has 106 valence electrons. The fraction of sp³-hybridized carbons (Fsp3) is 0.286. The molecule has 0 bridgehead atoms. The van der Waals surface area contributed by atoms with Gasteiger partial charge in [0.25, 0.3) is 5.91 Å². The van der Waals surface area contributed by atoms with Gasteiger partial charge in [-0.15, -0.1) is 0 Å². The zero-order chi connectivity index (χ0) is 14.5. The Morgan fingerprint density at radius 2 is 2.25 bits per heavy atom. The fourth-order valence-electron chi connectivity index (χ4n) is 1.75. The predicted octanol–water partition coefficient (Wildman–Crippen LogP) is 3.54. The molecule has 5 nitrogen and oxygen atoms in total. The Kier molecular flexibility index (Phi) is 4.63. The number of halogens is 1. The second-order valence-electron chi connectivity index (χ2n) is 4.23. The van der Waals surface area contributed by atoms with Crippen LogP contribution in [-0.4, -0.2) is 18.2 Å². The molecule has 1 aromatic carbocycles. The molecule has 1 amide bonds. The summed E-state index contributed by atoms with van der Waals surface area (Å²) in [5.41, 5.74) is 0.723. The van der Waals surface area contributed by atoms with E-state index < -0.39 is 0 Å². The van der Waals surface area contributed by atoms with Crippen LogP contribution in [0.15, 0.2) is 28.8 Å². The van der Waals surface area contributed by atoms with Crippen molar-refractivity contribution in [1.82, 2.24) is 5.16 Å². The first-order valence-corrected chi connectivity index (χ1v) is 6.62. The van der Waals surface area contributed by atoms with Crippen molar-refractivity contribution in [1.29, 1.82) is 0 Å². The third-order valence-corrected chi connectivity index (χ3v) is 2.93. The van der Waals surface area contributed by atoms with E-state index in [0.29, 0.717) is 22.2 Å². The van der Waals surface area contributed by atoms with Crippen LogP contribution < -0.4 is 10.1 Å². The summed E-state index contributed by atoms with van der Waals surface area (Å²) in [4.78, 5) is 12.1. The number of benzene rings is 1. The van der Waals surface area contributed by atoms with Crippen LogP contribution in [0.1, 0.15) is 29.6 Å². The number of anilines is 1. The maximum absolute atomic E-state index is 12.1. The molecule has 0 saturated carbocycles. The molecule has 0 aliphatic heterocycles. The number of carbonyl (C=O) groups excluding carboxylic acids is 1. The average molecular weight is 295 g/mol. The predicted molar refractivity (Wildman–Crippen MR) is 76.5 cm³/mol. The van der Waals surface area contributed by atoms with E-state index in [1.807, 2.05) is 6.92 Å². The van der Waals surface area contributed by atoms with Crippen LogP contribution in [0.2, 0.25) is 5.02 Å². The number of carbonyl (C=O) groups is 1. The zero-order valence-electron chi connectivity index (χ0n) is 11.3. The van der Waals surface area contributed by atoms with Crippen molar-refractivity contribution in [2.75, 3.05) is 12.4 Å². The molecule has 0 spiro atoms. The average Bonchev–Trinajstić information content (AvgIpc) is 2.88. The highest BCUT2D eigenvalue weighted by atomic mass is 35.5. The van der Waals surface area contributed by atoms with Gasteiger partial charge in [0.05, 0.1) is 12.8 Å². The van der Waals surface area contributed by atoms with E-state index >= 15 is 0 Å². The molecular weight excluding hydrogens is 280 g/mol. The summed E-state index contributed by atoms with van der Waals surface area (Å²) < 4.78 is 10.2. The quantitative estimate of drug-likeness (QED) is 0.916. The molecule has 0 aliphatic carbocycles. The van der Waals surface area contributed by atoms with Gasteiger partial charge in [-0.05, 0) is 24.6 Å². The topological polar surface area (TPSA) is 64.4 Å². The summed E-state index contributed by atoms with van der Waals surface area (Å²) in [7, 11) is 1.52. The molecule has 2 aromatic rings. The SMILES string of the molecule is CCCc1cc(C(=O)Nc2cc(Cl)ccc2OC)no1. The Labute approximate surface area is 121 Å². The van der Waals surface area contributed by atoms with Crippen LogP contribution in [0, 0.1) is 0 Å². The Bertz CT molecular complexity index is 610. The monoisotopic (exact) mass is 294 g/mol. The molecule has 0 fully saturated rings. The second-order valence-corrected chi connectivity index (χ2v) is 4.66. The van der Waals surface area contributed by atoms with Crippen molar-refractivity contribution >= 4 is 23.2 Å². The van der Waals surface area contributed by atoms with Crippen molar-refractivity contribution < 1.29 is 14.1 Å². The first-order chi connectivity index (χ1) is 9.63. The standard InChI is InChI=1S/C14H15ClN2O3/c1-3-4-10-8-12(17-20-10)14(18)16-11-7-9(15)5-6-13(11)19-2/h5-8H,3-4H2,1-2H3,(H,16,18). The highest BCUT2D eigenvalue weighted by molar-refractivity contribution is 6.31. The van der Waals surface area contributed by atoms with E-state index in [-0.39, 0.29) is 11.6 Å². The van der Waals surface area contributed by atoms with E-state index in [1.54, 1.807) is 24.3 Å². The molecule has 0 unspecified atom stereocenters. The third-order valence-electron chi connectivity index (χ3n) is 2.70. The van der Waals surface area contributed by atoms with Gasteiger partial charge >= 0.3 is 0 Å². The Balaban J connectivity index is 2.16. The van der Waals surface area contributed by atoms with Crippen LogP contribution in [0.5, 0.6) is 5.75 Å². The number of aromatic nitrogens is 1. The van der Waals surface area contributed by atoms with Gasteiger partial charge in [-0.25, -0.2) is 0 Å². The lowest BCUT2D eigenvalue weighted by atomic mass is 10.2. The van der Waals surface area contributed by atoms with E-state index in [9.17, 15) is 4.79 Å². The molecule has 2 rings (SSSR count). The summed E-state index contributed by atoms with van der Waals surface area (Å²) >= 11 is 5.91. The second kappa shape index (κ2) is 6.43. The molecule has 0 radical (unpaired) electrons. The molecule has 0 saturated heterocycles. The Morgan fingerprint density at radius 3 is 2.95 bits per heavy atom. The summed E-state index contributed by atoms with van der Waals surface area (Å²) in [5.74, 6) is 0.854. The van der Waals surface area contributed by atoms with E-state index in [2.05, 4.69) is 10.5 Å². The van der Waals surface area contributed by atoms with E-state index in [1.165, 1.54) is 7.11 Å². The van der Waals surface area contributed by atoms with Crippen molar-refractivity contribution in [3.8, 4) is 5.75 Å². The molecule has 0 atom stereocenters. The lowest BCUT2D eigenvalue weighted by Crippen LogP contribution is -2.13. The fourth-order valence-corrected chi connectivity index (χ4v) is 1.92. The number of nitrogens with zero attached hydrogens (tertiary/aromatic N) is 1. The maximum Gasteiger partial charge on any atom is 0.277 e. The molecule has 20 heavy (non-hydrogen) atoms. The highest BCUT2D eigenvalue weighted by Crippen LogP contribution is 2.28. The van der Waals surface area contributed by atoms with E-state index in [0.717, 1.165) is 12.8 Å². The van der Waals surface area contributed by atoms with Crippen molar-refractivity contribution in [2.45, 2.75) is 19.8 Å². The smallest absolute Gasteiger partial charge is 0.277 e. The lowest BCUT2D eigenvalue weighted by Gasteiger charge is -2.09. The Morgan fingerprint density at radius 1 is 1.45 bits per heavy atom. The number of hydrogen-bond acceptors (Lipinski definition) is 4. The number of rotatable bonds is 5. The normalized spacial score (nSPS) is 10.3. The summed E-state index contributed by atoms with van der Waals surface area (Å²) in [6, 6.07) is 6.62. The number of ether oxygens (including phenoxy) is 1. The van der Waals surface area contributed by atoms with Gasteiger partial charge in [-0.3, -0.25) is 4.79 Å². The number of hydrogen-bond donors (Lipinski definition) is 1. The molecular formula is C14H15ClN2O3. The largest absolute Gasteiger partial charge is 0.495 e. The van der Waals surface area contributed by atoms with Gasteiger partial charge in [0, 0.05) is 17.5 Å². The van der Waals surface area contributed by atoms with Crippen LogP contribution in [-0.2, 0) is 6.42 Å². The van der Waals surface area contributed by atoms with Crippen molar-refractivity contribution in [3.63, 3.8) is 0 Å². The number of amides is 1. The summed E-state index contributed by atoms with van der Waals surface area (Å²) in [6.45, 7) is 2.03. The van der Waals surface area contributed by atoms with Crippen molar-refractivity contribution in [2.24, 2.45) is 0 Å². The Hall–Kier alpha value is -2.01. The van der Waals surface area contributed by atoms with Gasteiger partial charge in [-0.1, -0.05) is 23.7 Å². The maximum atomic E-state index is 12.1. The third kappa shape index (κ3) is 3.30. The highest BCUT2D eigenvalue weighted by Gasteiger charge is 2.14. The molecule has 1 N–H and O–H groups in total. The number of nitrogens with one attached hydrogen (secondary N) is 1. The van der Waals surface area contributed by atoms with Crippen LogP contribution in [0.4, 0.5) is 5.69 Å². The van der Waals surface area contributed by atoms with Crippen LogP contribution in [0.3, 0.4) is 0 Å². The molecule has 0 aliphatic rings. The van der Waals surface area contributed by atoms with Gasteiger partial charge in [0.15, 0.2) is 5.69 Å². The zero-order valence-corrected chi connectivity index (χ0v) is 12.0. The summed E-state index contributed by atoms with van der Waals surface area (Å²) in [6.07, 6.45) is 1.68. The van der Waals surface area contributed by atoms with Gasteiger partial charge in [0.1, 0.15) is 11.5 Å². The van der Waals surface area contributed by atoms with Gasteiger partial charge < -0.3 is 14.6 Å². The number of aryl methyl sites for hydroxylation is 1. The minimum atomic E-state index is -0.364. The molecule has 1 aromatic heterocycles. The summed E-state index contributed by atoms with van der Waals surface area (Å²) in [5, 5.41) is 6.96. The first kappa shape index (κ1) is 14.4. The number of methoxy groups -OCH3 is 1.